The molecule has 0 aliphatic carbocycles. The van der Waals surface area contributed by atoms with Gasteiger partial charge in [0.1, 0.15) is 0 Å². The van der Waals surface area contributed by atoms with Crippen LogP contribution in [0.25, 0.3) is 0 Å². The predicted molar refractivity (Wildman–Crippen MR) is 61.3 cm³/mol. The van der Waals surface area contributed by atoms with E-state index in [2.05, 4.69) is 5.16 Å². The molecule has 0 saturated heterocycles. The maximum Gasteiger partial charge on any atom is 0.233 e. The highest BCUT2D eigenvalue weighted by Gasteiger charge is 2.25. The molecule has 6 nitrogen and oxygen atoms in total. The molecule has 1 unspecified atom stereocenters. The van der Waals surface area contributed by atoms with Crippen LogP contribution in [0.15, 0.2) is 5.16 Å². The second-order valence-corrected chi connectivity index (χ2v) is 3.62. The Kier molecular flexibility index (Phi) is 7.28. The van der Waals surface area contributed by atoms with E-state index >= 15 is 0 Å². The molecule has 0 aromatic rings. The molecule has 1 atom stereocenters. The van der Waals surface area contributed by atoms with Gasteiger partial charge in [-0.1, -0.05) is 18.5 Å². The molecule has 6 heteroatoms. The molecule has 0 radical (unpaired) electrons. The Morgan fingerprint density at radius 3 is 2.69 bits per heavy atom. The van der Waals surface area contributed by atoms with Crippen LogP contribution in [0.4, 0.5) is 0 Å². The third-order valence-electron chi connectivity index (χ3n) is 2.35. The van der Waals surface area contributed by atoms with E-state index in [1.807, 2.05) is 6.92 Å². The number of nitrogens with two attached hydrogens (primary N) is 1. The summed E-state index contributed by atoms with van der Waals surface area (Å²) in [4.78, 5) is 13.5. The van der Waals surface area contributed by atoms with E-state index in [-0.39, 0.29) is 11.7 Å². The van der Waals surface area contributed by atoms with Gasteiger partial charge in [0.25, 0.3) is 0 Å². The smallest absolute Gasteiger partial charge is 0.233 e. The first kappa shape index (κ1) is 14.7. The predicted octanol–water partition coefficient (Wildman–Crippen LogP) is 0.254. The van der Waals surface area contributed by atoms with Crippen molar-refractivity contribution in [1.29, 1.82) is 0 Å². The first-order chi connectivity index (χ1) is 7.58. The largest absolute Gasteiger partial charge is 0.409 e. The number of amidine groups is 1. The number of oxime groups is 1. The lowest BCUT2D eigenvalue weighted by atomic mass is 10.0. The number of rotatable bonds is 7. The minimum absolute atomic E-state index is 0.0314. The third-order valence-corrected chi connectivity index (χ3v) is 2.35. The summed E-state index contributed by atoms with van der Waals surface area (Å²) >= 11 is 0. The van der Waals surface area contributed by atoms with Crippen LogP contribution in [-0.4, -0.2) is 49.2 Å². The van der Waals surface area contributed by atoms with Crippen LogP contribution >= 0.6 is 0 Å². The fourth-order valence-corrected chi connectivity index (χ4v) is 1.36. The van der Waals surface area contributed by atoms with Crippen molar-refractivity contribution in [2.75, 3.05) is 27.3 Å². The monoisotopic (exact) mass is 231 g/mol. The van der Waals surface area contributed by atoms with Crippen LogP contribution in [0.1, 0.15) is 19.8 Å². The molecule has 0 fully saturated rings. The molecule has 0 bridgehead atoms. The van der Waals surface area contributed by atoms with Gasteiger partial charge in [0, 0.05) is 20.7 Å². The van der Waals surface area contributed by atoms with Gasteiger partial charge in [-0.15, -0.1) is 0 Å². The zero-order valence-electron chi connectivity index (χ0n) is 10.1. The summed E-state index contributed by atoms with van der Waals surface area (Å²) in [7, 11) is 3.25. The second-order valence-electron chi connectivity index (χ2n) is 3.62. The quantitative estimate of drug-likeness (QED) is 0.284. The van der Waals surface area contributed by atoms with Crippen LogP contribution in [-0.2, 0) is 9.53 Å². The first-order valence-corrected chi connectivity index (χ1v) is 5.29. The minimum atomic E-state index is -0.545. The number of nitrogens with zero attached hydrogens (tertiary/aromatic N) is 2. The number of hydrogen-bond acceptors (Lipinski definition) is 4. The lowest BCUT2D eigenvalue weighted by molar-refractivity contribution is -0.132. The Labute approximate surface area is 96.0 Å². The standard InChI is InChI=1S/C10H21N3O3/c1-4-5-8(9(11)12-15)10(14)13(2)6-7-16-3/h8,15H,4-7H2,1-3H3,(H2,11,12). The van der Waals surface area contributed by atoms with Crippen LogP contribution in [0, 0.1) is 5.92 Å². The molecule has 0 saturated carbocycles. The number of methoxy groups -OCH3 is 1. The highest BCUT2D eigenvalue weighted by molar-refractivity contribution is 6.01. The molecule has 0 aliphatic heterocycles. The van der Waals surface area contributed by atoms with E-state index in [4.69, 9.17) is 15.7 Å². The van der Waals surface area contributed by atoms with Gasteiger partial charge in [-0.25, -0.2) is 0 Å². The van der Waals surface area contributed by atoms with E-state index in [9.17, 15) is 4.79 Å². The molecule has 0 heterocycles. The van der Waals surface area contributed by atoms with Gasteiger partial charge in [0.2, 0.25) is 5.91 Å². The number of ether oxygens (including phenoxy) is 1. The van der Waals surface area contributed by atoms with Crippen LogP contribution in [0.3, 0.4) is 0 Å². The molecular formula is C10H21N3O3. The molecule has 0 aliphatic rings. The van der Waals surface area contributed by atoms with E-state index in [0.29, 0.717) is 19.6 Å². The minimum Gasteiger partial charge on any atom is -0.409 e. The van der Waals surface area contributed by atoms with Crippen LogP contribution in [0.2, 0.25) is 0 Å². The van der Waals surface area contributed by atoms with Gasteiger partial charge >= 0.3 is 0 Å². The van der Waals surface area contributed by atoms with Crippen molar-refractivity contribution < 1.29 is 14.7 Å². The number of hydrogen-bond donors (Lipinski definition) is 2. The van der Waals surface area contributed by atoms with Gasteiger partial charge in [-0.3, -0.25) is 4.79 Å². The third kappa shape index (κ3) is 4.48. The fourth-order valence-electron chi connectivity index (χ4n) is 1.36. The van der Waals surface area contributed by atoms with E-state index in [0.717, 1.165) is 6.42 Å². The summed E-state index contributed by atoms with van der Waals surface area (Å²) < 4.78 is 4.88. The number of carbonyl (C=O) groups excluding carboxylic acids is 1. The Morgan fingerprint density at radius 2 is 2.25 bits per heavy atom. The molecule has 0 spiro atoms. The summed E-state index contributed by atoms with van der Waals surface area (Å²) in [6, 6.07) is 0. The van der Waals surface area contributed by atoms with E-state index in [1.165, 1.54) is 4.90 Å². The molecule has 3 N–H and O–H groups in total. The van der Waals surface area contributed by atoms with Crippen molar-refractivity contribution in [2.45, 2.75) is 19.8 Å². The maximum atomic E-state index is 11.9. The van der Waals surface area contributed by atoms with Gasteiger partial charge in [-0.05, 0) is 6.42 Å². The Hall–Kier alpha value is -1.30. The molecule has 94 valence electrons. The molecule has 16 heavy (non-hydrogen) atoms. The van der Waals surface area contributed by atoms with Crippen molar-refractivity contribution in [3.05, 3.63) is 0 Å². The van der Waals surface area contributed by atoms with Crippen molar-refractivity contribution >= 4 is 11.7 Å². The zero-order chi connectivity index (χ0) is 12.6. The SMILES string of the molecule is CCCC(C(=O)N(C)CCOC)C(N)=NO. The Morgan fingerprint density at radius 1 is 1.62 bits per heavy atom. The van der Waals surface area contributed by atoms with Gasteiger partial charge in [-0.2, -0.15) is 0 Å². The number of likely N-dealkylation sites (N-methyl/N-ethyl adjacent to an activating group) is 1. The zero-order valence-corrected chi connectivity index (χ0v) is 10.1. The van der Waals surface area contributed by atoms with E-state index < -0.39 is 5.92 Å². The average molecular weight is 231 g/mol. The van der Waals surface area contributed by atoms with Crippen molar-refractivity contribution in [2.24, 2.45) is 16.8 Å². The summed E-state index contributed by atoms with van der Waals surface area (Å²) in [5, 5.41) is 11.5. The highest BCUT2D eigenvalue weighted by atomic mass is 16.5. The summed E-state index contributed by atoms with van der Waals surface area (Å²) in [6.45, 7) is 2.91. The normalized spacial score (nSPS) is 13.6. The molecule has 0 aromatic heterocycles. The van der Waals surface area contributed by atoms with Crippen molar-refractivity contribution in [1.82, 2.24) is 4.90 Å². The van der Waals surface area contributed by atoms with Crippen LogP contribution < -0.4 is 5.73 Å². The summed E-state index contributed by atoms with van der Waals surface area (Å²) in [5.74, 6) is -0.720. The Balaban J connectivity index is 4.48. The van der Waals surface area contributed by atoms with Crippen LogP contribution in [0.5, 0.6) is 0 Å². The van der Waals surface area contributed by atoms with Gasteiger partial charge in [0.05, 0.1) is 12.5 Å². The second kappa shape index (κ2) is 7.92. The first-order valence-electron chi connectivity index (χ1n) is 5.29. The number of carbonyl (C=O) groups is 1. The van der Waals surface area contributed by atoms with Crippen molar-refractivity contribution in [3.63, 3.8) is 0 Å². The lowest BCUT2D eigenvalue weighted by Crippen LogP contribution is -2.41. The fraction of sp³-hybridized carbons (Fsp3) is 0.800. The lowest BCUT2D eigenvalue weighted by Gasteiger charge is -2.22. The van der Waals surface area contributed by atoms with E-state index in [1.54, 1.807) is 14.2 Å². The summed E-state index contributed by atoms with van der Waals surface area (Å²) in [5.41, 5.74) is 5.49. The average Bonchev–Trinajstić information content (AvgIpc) is 2.31. The summed E-state index contributed by atoms with van der Waals surface area (Å²) in [6.07, 6.45) is 1.37. The molecule has 0 rings (SSSR count). The van der Waals surface area contributed by atoms with Gasteiger partial charge < -0.3 is 20.6 Å². The van der Waals surface area contributed by atoms with Crippen molar-refractivity contribution in [3.8, 4) is 0 Å². The number of amides is 1. The highest BCUT2D eigenvalue weighted by Crippen LogP contribution is 2.10. The maximum absolute atomic E-state index is 11.9. The molecular weight excluding hydrogens is 210 g/mol. The molecule has 0 aromatic carbocycles. The molecule has 1 amide bonds. The topological polar surface area (TPSA) is 88.2 Å². The van der Waals surface area contributed by atoms with Gasteiger partial charge in [0.15, 0.2) is 5.84 Å². The Bertz CT molecular complexity index is 243.